The van der Waals surface area contributed by atoms with E-state index in [0.717, 1.165) is 42.4 Å². The zero-order valence-corrected chi connectivity index (χ0v) is 19.4. The van der Waals surface area contributed by atoms with Crippen molar-refractivity contribution in [2.75, 3.05) is 0 Å². The molecule has 2 N–H and O–H groups in total. The Morgan fingerprint density at radius 2 is 1.53 bits per heavy atom. The fraction of sp³-hybridized carbons (Fsp3) is 0.286. The number of rotatable bonds is 6. The Hall–Kier alpha value is -3.81. The number of hydrogen-bond donors (Lipinski definition) is 2. The van der Waals surface area contributed by atoms with Gasteiger partial charge in [-0.3, -0.25) is 4.79 Å². The van der Waals surface area contributed by atoms with Gasteiger partial charge in [0.15, 0.2) is 0 Å². The molecule has 1 heterocycles. The van der Waals surface area contributed by atoms with Crippen LogP contribution in [0, 0.1) is 5.92 Å². The van der Waals surface area contributed by atoms with Gasteiger partial charge in [0.1, 0.15) is 11.6 Å². The summed E-state index contributed by atoms with van der Waals surface area (Å²) < 4.78 is 41.5. The zero-order chi connectivity index (χ0) is 25.3. The van der Waals surface area contributed by atoms with Gasteiger partial charge in [-0.2, -0.15) is 0 Å². The van der Waals surface area contributed by atoms with Crippen LogP contribution in [-0.2, 0) is 4.79 Å². The van der Waals surface area contributed by atoms with E-state index in [-0.39, 0.29) is 12.2 Å². The summed E-state index contributed by atoms with van der Waals surface area (Å²) in [5, 5.41) is 9.00. The molecule has 5 nitrogen and oxygen atoms in total. The van der Waals surface area contributed by atoms with Crippen molar-refractivity contribution in [3.8, 4) is 28.3 Å². The molecule has 0 aliphatic heterocycles. The molecule has 0 amide bonds. The van der Waals surface area contributed by atoms with E-state index >= 15 is 0 Å². The van der Waals surface area contributed by atoms with Crippen LogP contribution in [-0.4, -0.2) is 27.4 Å². The molecular formula is C28H25F3N2O3. The maximum absolute atomic E-state index is 12.5. The molecule has 1 aliphatic rings. The maximum Gasteiger partial charge on any atom is 0.573 e. The standard InChI is InChI=1S/C28H25F3N2O3/c29-28(30,31)36-23-13-14-24-25(16-23)33-27(32-24)22-11-9-21(10-12-22)20-7-5-19(6-8-20)18-3-1-17(2-4-18)15-26(34)35/h5-14,16-18H,1-4,15H2,(H,32,33)(H,34,35). The van der Waals surface area contributed by atoms with Gasteiger partial charge in [-0.15, -0.1) is 13.2 Å². The number of aliphatic carboxylic acids is 1. The van der Waals surface area contributed by atoms with Crippen LogP contribution in [0.2, 0.25) is 0 Å². The number of alkyl halides is 3. The second-order valence-corrected chi connectivity index (χ2v) is 9.33. The van der Waals surface area contributed by atoms with Crippen molar-refractivity contribution in [1.29, 1.82) is 0 Å². The van der Waals surface area contributed by atoms with Gasteiger partial charge in [0.25, 0.3) is 0 Å². The first-order valence-corrected chi connectivity index (χ1v) is 11.9. The van der Waals surface area contributed by atoms with E-state index in [1.807, 2.05) is 24.3 Å². The highest BCUT2D eigenvalue weighted by molar-refractivity contribution is 5.81. The van der Waals surface area contributed by atoms with Gasteiger partial charge in [0.05, 0.1) is 11.0 Å². The number of aromatic nitrogens is 2. The minimum Gasteiger partial charge on any atom is -0.481 e. The van der Waals surface area contributed by atoms with Crippen LogP contribution in [0.4, 0.5) is 13.2 Å². The third-order valence-corrected chi connectivity index (χ3v) is 6.87. The number of fused-ring (bicyclic) bond motifs is 1. The molecule has 1 aromatic heterocycles. The Labute approximate surface area is 206 Å². The number of H-pyrrole nitrogens is 1. The minimum absolute atomic E-state index is 0.267. The predicted octanol–water partition coefficient (Wildman–Crippen LogP) is 7.54. The van der Waals surface area contributed by atoms with Crippen molar-refractivity contribution in [3.05, 3.63) is 72.3 Å². The molecule has 0 spiro atoms. The first-order valence-electron chi connectivity index (χ1n) is 11.9. The quantitative estimate of drug-likeness (QED) is 0.290. The summed E-state index contributed by atoms with van der Waals surface area (Å²) in [7, 11) is 0. The van der Waals surface area contributed by atoms with E-state index in [1.54, 1.807) is 0 Å². The number of imidazole rings is 1. The number of carboxylic acids is 1. The summed E-state index contributed by atoms with van der Waals surface area (Å²) in [6, 6.07) is 20.4. The van der Waals surface area contributed by atoms with Crippen LogP contribution in [0.15, 0.2) is 66.7 Å². The summed E-state index contributed by atoms with van der Waals surface area (Å²) >= 11 is 0. The van der Waals surface area contributed by atoms with Gasteiger partial charge in [-0.25, -0.2) is 4.98 Å². The Morgan fingerprint density at radius 3 is 2.14 bits per heavy atom. The van der Waals surface area contributed by atoms with Gasteiger partial charge in [-0.05, 0) is 66.3 Å². The number of ether oxygens (including phenoxy) is 1. The summed E-state index contributed by atoms with van der Waals surface area (Å²) in [6.07, 6.45) is -0.521. The lowest BCUT2D eigenvalue weighted by Crippen LogP contribution is -2.16. The highest BCUT2D eigenvalue weighted by Crippen LogP contribution is 2.38. The number of aromatic amines is 1. The fourth-order valence-electron chi connectivity index (χ4n) is 5.04. The van der Waals surface area contributed by atoms with E-state index < -0.39 is 12.3 Å². The van der Waals surface area contributed by atoms with Gasteiger partial charge in [0, 0.05) is 18.1 Å². The monoisotopic (exact) mass is 494 g/mol. The molecule has 0 atom stereocenters. The second-order valence-electron chi connectivity index (χ2n) is 9.33. The number of nitrogens with one attached hydrogen (secondary N) is 1. The average molecular weight is 495 g/mol. The average Bonchev–Trinajstić information content (AvgIpc) is 3.27. The number of hydrogen-bond acceptors (Lipinski definition) is 3. The van der Waals surface area contributed by atoms with Crippen molar-refractivity contribution in [2.24, 2.45) is 5.92 Å². The minimum atomic E-state index is -4.74. The molecule has 8 heteroatoms. The largest absolute Gasteiger partial charge is 0.573 e. The summed E-state index contributed by atoms with van der Waals surface area (Å²) in [6.45, 7) is 0. The van der Waals surface area contributed by atoms with E-state index in [9.17, 15) is 18.0 Å². The third kappa shape index (κ3) is 5.53. The van der Waals surface area contributed by atoms with E-state index in [1.165, 1.54) is 23.8 Å². The lowest BCUT2D eigenvalue weighted by molar-refractivity contribution is -0.274. The van der Waals surface area contributed by atoms with Crippen LogP contribution < -0.4 is 4.74 Å². The number of benzene rings is 3. The van der Waals surface area contributed by atoms with Crippen molar-refractivity contribution >= 4 is 17.0 Å². The smallest absolute Gasteiger partial charge is 0.481 e. The van der Waals surface area contributed by atoms with Crippen molar-refractivity contribution in [3.63, 3.8) is 0 Å². The molecule has 0 unspecified atom stereocenters. The maximum atomic E-state index is 12.5. The molecular weight excluding hydrogens is 469 g/mol. The number of halogens is 3. The number of carboxylic acid groups (broad SMARTS) is 1. The van der Waals surface area contributed by atoms with Gasteiger partial charge >= 0.3 is 12.3 Å². The molecule has 3 aromatic carbocycles. The van der Waals surface area contributed by atoms with Crippen LogP contribution >= 0.6 is 0 Å². The second kappa shape index (κ2) is 9.68. The Bertz CT molecular complexity index is 1350. The predicted molar refractivity (Wildman–Crippen MR) is 131 cm³/mol. The summed E-state index contributed by atoms with van der Waals surface area (Å²) in [5.74, 6) is 0.325. The van der Waals surface area contributed by atoms with Crippen molar-refractivity contribution in [1.82, 2.24) is 9.97 Å². The van der Waals surface area contributed by atoms with Crippen LogP contribution in [0.5, 0.6) is 5.75 Å². The molecule has 0 radical (unpaired) electrons. The van der Waals surface area contributed by atoms with Crippen LogP contribution in [0.25, 0.3) is 33.5 Å². The molecule has 5 rings (SSSR count). The first kappa shape index (κ1) is 23.9. The lowest BCUT2D eigenvalue weighted by Gasteiger charge is -2.28. The SMILES string of the molecule is O=C(O)CC1CCC(c2ccc(-c3ccc(-c4nc5ccc(OC(F)(F)F)cc5[nH]4)cc3)cc2)CC1. The number of carbonyl (C=O) groups is 1. The Morgan fingerprint density at radius 1 is 0.917 bits per heavy atom. The van der Waals surface area contributed by atoms with Crippen molar-refractivity contribution in [2.45, 2.75) is 44.4 Å². The highest BCUT2D eigenvalue weighted by atomic mass is 19.4. The first-order chi connectivity index (χ1) is 17.2. The molecule has 4 aromatic rings. The molecule has 1 fully saturated rings. The van der Waals surface area contributed by atoms with E-state index in [2.05, 4.69) is 39.0 Å². The summed E-state index contributed by atoms with van der Waals surface area (Å²) in [5.41, 5.74) is 5.26. The van der Waals surface area contributed by atoms with Gasteiger partial charge < -0.3 is 14.8 Å². The van der Waals surface area contributed by atoms with E-state index in [0.29, 0.717) is 28.7 Å². The van der Waals surface area contributed by atoms with Crippen molar-refractivity contribution < 1.29 is 27.8 Å². The summed E-state index contributed by atoms with van der Waals surface area (Å²) in [4.78, 5) is 18.5. The van der Waals surface area contributed by atoms with Crippen LogP contribution in [0.1, 0.15) is 43.6 Å². The fourth-order valence-corrected chi connectivity index (χ4v) is 5.04. The molecule has 1 aliphatic carbocycles. The molecule has 1 saturated carbocycles. The lowest BCUT2D eigenvalue weighted by atomic mass is 9.77. The van der Waals surface area contributed by atoms with Crippen LogP contribution in [0.3, 0.4) is 0 Å². The number of nitrogens with zero attached hydrogens (tertiary/aromatic N) is 1. The molecule has 36 heavy (non-hydrogen) atoms. The highest BCUT2D eigenvalue weighted by Gasteiger charge is 2.31. The zero-order valence-electron chi connectivity index (χ0n) is 19.4. The Kier molecular flexibility index (Phi) is 6.43. The normalized spacial score (nSPS) is 18.3. The van der Waals surface area contributed by atoms with Gasteiger partial charge in [0.2, 0.25) is 0 Å². The molecule has 0 bridgehead atoms. The molecule has 186 valence electrons. The third-order valence-electron chi connectivity index (χ3n) is 6.87. The topological polar surface area (TPSA) is 75.2 Å². The van der Waals surface area contributed by atoms with E-state index in [4.69, 9.17) is 5.11 Å². The molecule has 0 saturated heterocycles. The Balaban J connectivity index is 1.26. The van der Waals surface area contributed by atoms with Gasteiger partial charge in [-0.1, -0.05) is 48.5 Å².